The highest BCUT2D eigenvalue weighted by Gasteiger charge is 2.56. The molecule has 3 aliphatic carbocycles. The molecule has 2 bridgehead atoms. The second-order valence-corrected chi connectivity index (χ2v) is 5.19. The molecule has 1 nitrogen and oxygen atoms in total. The molecule has 2 heteroatoms. The molecular formula is C10H16OS. The van der Waals surface area contributed by atoms with Crippen LogP contribution in [0.1, 0.15) is 26.7 Å². The van der Waals surface area contributed by atoms with Crippen molar-refractivity contribution in [1.82, 2.24) is 0 Å². The summed E-state index contributed by atoms with van der Waals surface area (Å²) in [7, 11) is 0. The normalized spacial score (nSPS) is 43.9. The molecule has 3 atom stereocenters. The van der Waals surface area contributed by atoms with Gasteiger partial charge in [0.25, 0.3) is 0 Å². The molecule has 3 saturated carbocycles. The van der Waals surface area contributed by atoms with Gasteiger partial charge in [0.1, 0.15) is 5.78 Å². The number of rotatable bonds is 1. The number of hydrogen-bond donors (Lipinski definition) is 1. The Balaban J connectivity index is 2.20. The fourth-order valence-electron chi connectivity index (χ4n) is 2.93. The lowest BCUT2D eigenvalue weighted by Gasteiger charge is -2.59. The highest BCUT2D eigenvalue weighted by molar-refractivity contribution is 7.80. The Morgan fingerprint density at radius 3 is 2.67 bits per heavy atom. The molecule has 3 fully saturated rings. The number of fused-ring (bicyclic) bond motifs is 2. The molecule has 68 valence electrons. The zero-order valence-corrected chi connectivity index (χ0v) is 8.60. The number of hydrogen-bond acceptors (Lipinski definition) is 2. The molecule has 0 aromatic heterocycles. The van der Waals surface area contributed by atoms with Gasteiger partial charge in [-0.3, -0.25) is 4.79 Å². The summed E-state index contributed by atoms with van der Waals surface area (Å²) in [6.45, 7) is 4.60. The van der Waals surface area contributed by atoms with E-state index < -0.39 is 0 Å². The number of ketones is 1. The highest BCUT2D eigenvalue weighted by Crippen LogP contribution is 2.60. The van der Waals surface area contributed by atoms with Crippen LogP contribution in [-0.2, 0) is 4.79 Å². The van der Waals surface area contributed by atoms with Crippen molar-refractivity contribution in [1.29, 1.82) is 0 Å². The first-order chi connectivity index (χ1) is 5.57. The van der Waals surface area contributed by atoms with Gasteiger partial charge in [-0.1, -0.05) is 13.8 Å². The van der Waals surface area contributed by atoms with E-state index in [-0.39, 0.29) is 5.92 Å². The minimum absolute atomic E-state index is 0.258. The minimum atomic E-state index is 0.258. The van der Waals surface area contributed by atoms with E-state index in [0.717, 1.165) is 12.2 Å². The summed E-state index contributed by atoms with van der Waals surface area (Å²) in [5.74, 6) is 2.77. The molecule has 0 aromatic carbocycles. The molecule has 0 unspecified atom stereocenters. The second kappa shape index (κ2) is 2.50. The fourth-order valence-corrected chi connectivity index (χ4v) is 3.39. The summed E-state index contributed by atoms with van der Waals surface area (Å²) >= 11 is 4.26. The van der Waals surface area contributed by atoms with E-state index >= 15 is 0 Å². The van der Waals surface area contributed by atoms with Crippen LogP contribution >= 0.6 is 12.6 Å². The van der Waals surface area contributed by atoms with Gasteiger partial charge in [0.2, 0.25) is 0 Å². The summed E-state index contributed by atoms with van der Waals surface area (Å²) in [6.07, 6.45) is 2.08. The van der Waals surface area contributed by atoms with E-state index in [1.54, 1.807) is 0 Å². The molecule has 0 radical (unpaired) electrons. The smallest absolute Gasteiger partial charge is 0.137 e. The fraction of sp³-hybridized carbons (Fsp3) is 0.900. The first-order valence-corrected chi connectivity index (χ1v) is 5.34. The van der Waals surface area contributed by atoms with Crippen LogP contribution in [-0.4, -0.2) is 11.5 Å². The van der Waals surface area contributed by atoms with E-state index in [1.165, 1.54) is 6.42 Å². The number of carbonyl (C=O) groups excluding carboxylic acids is 1. The van der Waals surface area contributed by atoms with Crippen molar-refractivity contribution in [3.05, 3.63) is 0 Å². The maximum Gasteiger partial charge on any atom is 0.137 e. The predicted molar refractivity (Wildman–Crippen MR) is 52.3 cm³/mol. The van der Waals surface area contributed by atoms with Crippen molar-refractivity contribution in [3.8, 4) is 0 Å². The molecule has 0 saturated heterocycles. The molecule has 3 rings (SSSR count). The van der Waals surface area contributed by atoms with Gasteiger partial charge in [0.05, 0.1) is 0 Å². The summed E-state index contributed by atoms with van der Waals surface area (Å²) in [5.41, 5.74) is 0.418. The van der Waals surface area contributed by atoms with E-state index in [9.17, 15) is 4.79 Å². The van der Waals surface area contributed by atoms with Gasteiger partial charge >= 0.3 is 0 Å². The Morgan fingerprint density at radius 1 is 1.58 bits per heavy atom. The number of thiol groups is 1. The standard InChI is InChI=1S/C10H16OS/c1-10(2)6-3-8(10)7(5-12)9(11)4-6/h6-8,12H,3-5H2,1-2H3/t6-,7+,8+/m1/s1. The molecular weight excluding hydrogens is 168 g/mol. The first-order valence-electron chi connectivity index (χ1n) is 4.71. The van der Waals surface area contributed by atoms with Crippen molar-refractivity contribution in [2.75, 3.05) is 5.75 Å². The minimum Gasteiger partial charge on any atom is -0.299 e. The maximum atomic E-state index is 11.5. The van der Waals surface area contributed by atoms with Gasteiger partial charge in [0, 0.05) is 18.1 Å². The Hall–Kier alpha value is 0.0200. The number of carbonyl (C=O) groups is 1. The lowest BCUT2D eigenvalue weighted by atomic mass is 9.45. The monoisotopic (exact) mass is 184 g/mol. The van der Waals surface area contributed by atoms with Crippen molar-refractivity contribution >= 4 is 18.4 Å². The zero-order valence-electron chi connectivity index (χ0n) is 7.71. The Bertz CT molecular complexity index is 222. The predicted octanol–water partition coefficient (Wildman–Crippen LogP) is 2.17. The molecule has 0 amide bonds. The zero-order chi connectivity index (χ0) is 8.93. The van der Waals surface area contributed by atoms with E-state index in [0.29, 0.717) is 23.0 Å². The van der Waals surface area contributed by atoms with Crippen LogP contribution in [0.4, 0.5) is 0 Å². The van der Waals surface area contributed by atoms with Crippen molar-refractivity contribution in [3.63, 3.8) is 0 Å². The third-order valence-electron chi connectivity index (χ3n) is 4.09. The molecule has 0 heterocycles. The van der Waals surface area contributed by atoms with Crippen LogP contribution in [0, 0.1) is 23.2 Å². The summed E-state index contributed by atoms with van der Waals surface area (Å²) in [5, 5.41) is 0. The van der Waals surface area contributed by atoms with Gasteiger partial charge in [0.15, 0.2) is 0 Å². The summed E-state index contributed by atoms with van der Waals surface area (Å²) < 4.78 is 0. The molecule has 0 aliphatic heterocycles. The van der Waals surface area contributed by atoms with Crippen LogP contribution in [0.3, 0.4) is 0 Å². The average molecular weight is 184 g/mol. The van der Waals surface area contributed by atoms with Crippen LogP contribution in [0.15, 0.2) is 0 Å². The van der Waals surface area contributed by atoms with Crippen molar-refractivity contribution in [2.45, 2.75) is 26.7 Å². The summed E-state index contributed by atoms with van der Waals surface area (Å²) in [6, 6.07) is 0. The first kappa shape index (κ1) is 8.61. The SMILES string of the molecule is CC1(C)[C@H]2CC(=O)[C@@H](CS)[C@@H]1C2. The van der Waals surface area contributed by atoms with E-state index in [2.05, 4.69) is 26.5 Å². The highest BCUT2D eigenvalue weighted by atomic mass is 32.1. The molecule has 12 heavy (non-hydrogen) atoms. The van der Waals surface area contributed by atoms with Crippen LogP contribution in [0.5, 0.6) is 0 Å². The molecule has 0 N–H and O–H groups in total. The van der Waals surface area contributed by atoms with Gasteiger partial charge in [-0.2, -0.15) is 12.6 Å². The van der Waals surface area contributed by atoms with Gasteiger partial charge in [-0.15, -0.1) is 0 Å². The van der Waals surface area contributed by atoms with Crippen LogP contribution in [0.2, 0.25) is 0 Å². The van der Waals surface area contributed by atoms with Crippen molar-refractivity contribution < 1.29 is 4.79 Å². The Morgan fingerprint density at radius 2 is 2.25 bits per heavy atom. The topological polar surface area (TPSA) is 17.1 Å². The Labute approximate surface area is 79.3 Å². The maximum absolute atomic E-state index is 11.5. The van der Waals surface area contributed by atoms with Crippen molar-refractivity contribution in [2.24, 2.45) is 23.2 Å². The third kappa shape index (κ3) is 0.905. The van der Waals surface area contributed by atoms with E-state index in [4.69, 9.17) is 0 Å². The Kier molecular flexibility index (Phi) is 1.80. The van der Waals surface area contributed by atoms with Crippen LogP contribution < -0.4 is 0 Å². The van der Waals surface area contributed by atoms with Gasteiger partial charge in [-0.25, -0.2) is 0 Å². The number of Topliss-reactive ketones (excluding diaryl/α,β-unsaturated/α-hetero) is 1. The van der Waals surface area contributed by atoms with Gasteiger partial charge < -0.3 is 0 Å². The lowest BCUT2D eigenvalue weighted by Crippen LogP contribution is -2.56. The second-order valence-electron chi connectivity index (χ2n) is 4.82. The lowest BCUT2D eigenvalue weighted by molar-refractivity contribution is -0.152. The van der Waals surface area contributed by atoms with E-state index in [1.807, 2.05) is 0 Å². The average Bonchev–Trinajstić information content (AvgIpc) is 2.03. The largest absolute Gasteiger partial charge is 0.299 e. The third-order valence-corrected chi connectivity index (χ3v) is 4.48. The van der Waals surface area contributed by atoms with Gasteiger partial charge in [-0.05, 0) is 23.7 Å². The molecule has 0 aromatic rings. The molecule has 0 spiro atoms. The van der Waals surface area contributed by atoms with Crippen LogP contribution in [0.25, 0.3) is 0 Å². The summed E-state index contributed by atoms with van der Waals surface area (Å²) in [4.78, 5) is 11.5. The molecule has 3 aliphatic rings. The quantitative estimate of drug-likeness (QED) is 0.618.